The molecule has 1 aromatic carbocycles. The van der Waals surface area contributed by atoms with Gasteiger partial charge in [0.05, 0.1) is 13.2 Å². The third kappa shape index (κ3) is 2.80. The maximum atomic E-state index is 5.38. The van der Waals surface area contributed by atoms with Gasteiger partial charge in [-0.15, -0.1) is 0 Å². The van der Waals surface area contributed by atoms with Gasteiger partial charge in [0.2, 0.25) is 0 Å². The van der Waals surface area contributed by atoms with Crippen LogP contribution in [0.4, 0.5) is 0 Å². The fraction of sp³-hybridized carbons (Fsp3) is 0.455. The second-order valence-electron chi connectivity index (χ2n) is 3.39. The highest BCUT2D eigenvalue weighted by atomic mass is 16.6. The quantitative estimate of drug-likeness (QED) is 0.709. The Hall–Kier alpha value is -0.900. The molecule has 0 aliphatic carbocycles. The van der Waals surface area contributed by atoms with Gasteiger partial charge < -0.3 is 9.47 Å². The molecule has 0 spiro atoms. The Kier molecular flexibility index (Phi) is 3.51. The molecule has 1 aliphatic rings. The summed E-state index contributed by atoms with van der Waals surface area (Å²) in [7, 11) is 0. The molecule has 0 radical (unpaired) electrons. The summed E-state index contributed by atoms with van der Waals surface area (Å²) in [5.74, 6) is 0. The third-order valence-corrected chi connectivity index (χ3v) is 2.17. The standard InChI is InChI=1S/C11H15NO2/c1-2-4-11(5-3-1)8-12-9-13-6-7-14-10-12/h1-5H,6-10H2. The van der Waals surface area contributed by atoms with Gasteiger partial charge >= 0.3 is 0 Å². The van der Waals surface area contributed by atoms with Crippen LogP contribution in [0.25, 0.3) is 0 Å². The number of rotatable bonds is 2. The van der Waals surface area contributed by atoms with Gasteiger partial charge in [0.25, 0.3) is 0 Å². The van der Waals surface area contributed by atoms with Crippen LogP contribution in [0, 0.1) is 0 Å². The molecule has 1 aromatic rings. The van der Waals surface area contributed by atoms with E-state index in [-0.39, 0.29) is 0 Å². The summed E-state index contributed by atoms with van der Waals surface area (Å²) < 4.78 is 10.8. The highest BCUT2D eigenvalue weighted by molar-refractivity contribution is 5.14. The number of ether oxygens (including phenoxy) is 2. The number of nitrogens with zero attached hydrogens (tertiary/aromatic N) is 1. The average Bonchev–Trinajstić information content (AvgIpc) is 2.48. The summed E-state index contributed by atoms with van der Waals surface area (Å²) in [5.41, 5.74) is 1.29. The summed E-state index contributed by atoms with van der Waals surface area (Å²) in [5, 5.41) is 0. The molecule has 2 rings (SSSR count). The molecule has 76 valence electrons. The van der Waals surface area contributed by atoms with Crippen molar-refractivity contribution in [1.29, 1.82) is 0 Å². The summed E-state index contributed by atoms with van der Waals surface area (Å²) in [4.78, 5) is 2.14. The van der Waals surface area contributed by atoms with Gasteiger partial charge in [-0.25, -0.2) is 0 Å². The molecule has 1 aliphatic heterocycles. The van der Waals surface area contributed by atoms with E-state index in [4.69, 9.17) is 9.47 Å². The molecule has 0 saturated carbocycles. The van der Waals surface area contributed by atoms with Gasteiger partial charge in [-0.1, -0.05) is 30.3 Å². The first kappa shape index (κ1) is 9.65. The van der Waals surface area contributed by atoms with E-state index >= 15 is 0 Å². The normalized spacial score (nSPS) is 19.1. The molecule has 0 bridgehead atoms. The molecule has 1 heterocycles. The molecule has 0 aromatic heterocycles. The second-order valence-corrected chi connectivity index (χ2v) is 3.39. The van der Waals surface area contributed by atoms with Crippen molar-refractivity contribution in [3.8, 4) is 0 Å². The minimum absolute atomic E-state index is 0.662. The molecule has 0 atom stereocenters. The van der Waals surface area contributed by atoms with Crippen molar-refractivity contribution in [1.82, 2.24) is 4.90 Å². The first-order valence-electron chi connectivity index (χ1n) is 4.87. The molecular formula is C11H15NO2. The monoisotopic (exact) mass is 193 g/mol. The number of hydrogen-bond acceptors (Lipinski definition) is 3. The van der Waals surface area contributed by atoms with Crippen LogP contribution in [0.5, 0.6) is 0 Å². The van der Waals surface area contributed by atoms with Crippen LogP contribution in [0.2, 0.25) is 0 Å². The number of benzene rings is 1. The van der Waals surface area contributed by atoms with E-state index in [1.54, 1.807) is 0 Å². The maximum Gasteiger partial charge on any atom is 0.101 e. The Balaban J connectivity index is 1.90. The lowest BCUT2D eigenvalue weighted by atomic mass is 10.2. The molecule has 3 heteroatoms. The van der Waals surface area contributed by atoms with Crippen molar-refractivity contribution >= 4 is 0 Å². The Bertz CT molecular complexity index is 255. The fourth-order valence-electron chi connectivity index (χ4n) is 1.48. The molecule has 0 N–H and O–H groups in total. The molecule has 0 amide bonds. The SMILES string of the molecule is c1ccc(CN2COCCOC2)cc1. The van der Waals surface area contributed by atoms with Crippen molar-refractivity contribution in [2.45, 2.75) is 6.54 Å². The molecule has 0 unspecified atom stereocenters. The smallest absolute Gasteiger partial charge is 0.101 e. The fourth-order valence-corrected chi connectivity index (χ4v) is 1.48. The van der Waals surface area contributed by atoms with Gasteiger partial charge in [-0.2, -0.15) is 0 Å². The van der Waals surface area contributed by atoms with E-state index in [1.807, 2.05) is 6.07 Å². The van der Waals surface area contributed by atoms with Crippen LogP contribution in [-0.2, 0) is 16.0 Å². The van der Waals surface area contributed by atoms with Gasteiger partial charge in [0.15, 0.2) is 0 Å². The van der Waals surface area contributed by atoms with E-state index < -0.39 is 0 Å². The van der Waals surface area contributed by atoms with Gasteiger partial charge in [0.1, 0.15) is 13.5 Å². The summed E-state index contributed by atoms with van der Waals surface area (Å²) in [6, 6.07) is 10.4. The van der Waals surface area contributed by atoms with Crippen LogP contribution in [-0.4, -0.2) is 31.6 Å². The van der Waals surface area contributed by atoms with Crippen LogP contribution >= 0.6 is 0 Å². The Morgan fingerprint density at radius 1 is 1.00 bits per heavy atom. The molecular weight excluding hydrogens is 178 g/mol. The maximum absolute atomic E-state index is 5.38. The van der Waals surface area contributed by atoms with E-state index in [0.717, 1.165) is 6.54 Å². The topological polar surface area (TPSA) is 21.7 Å². The zero-order chi connectivity index (χ0) is 9.64. The van der Waals surface area contributed by atoms with Gasteiger partial charge in [0, 0.05) is 6.54 Å². The van der Waals surface area contributed by atoms with E-state index in [0.29, 0.717) is 26.7 Å². The minimum Gasteiger partial charge on any atom is -0.364 e. The van der Waals surface area contributed by atoms with Crippen molar-refractivity contribution in [2.75, 3.05) is 26.7 Å². The Morgan fingerprint density at radius 3 is 2.29 bits per heavy atom. The summed E-state index contributed by atoms with van der Waals surface area (Å²) in [6.07, 6.45) is 0. The lowest BCUT2D eigenvalue weighted by molar-refractivity contribution is 0.0207. The van der Waals surface area contributed by atoms with Crippen molar-refractivity contribution in [3.63, 3.8) is 0 Å². The third-order valence-electron chi connectivity index (χ3n) is 2.17. The highest BCUT2D eigenvalue weighted by Gasteiger charge is 2.08. The van der Waals surface area contributed by atoms with Crippen molar-refractivity contribution in [3.05, 3.63) is 35.9 Å². The summed E-state index contributed by atoms with van der Waals surface area (Å²) in [6.45, 7) is 3.61. The van der Waals surface area contributed by atoms with Gasteiger partial charge in [-0.3, -0.25) is 4.90 Å². The van der Waals surface area contributed by atoms with E-state index in [1.165, 1.54) is 5.56 Å². The molecule has 14 heavy (non-hydrogen) atoms. The second kappa shape index (κ2) is 5.10. The summed E-state index contributed by atoms with van der Waals surface area (Å²) >= 11 is 0. The molecule has 1 saturated heterocycles. The highest BCUT2D eigenvalue weighted by Crippen LogP contribution is 2.05. The molecule has 3 nitrogen and oxygen atoms in total. The average molecular weight is 193 g/mol. The minimum atomic E-state index is 0.662. The van der Waals surface area contributed by atoms with Crippen LogP contribution in [0.1, 0.15) is 5.56 Å². The van der Waals surface area contributed by atoms with E-state index in [9.17, 15) is 0 Å². The first-order valence-corrected chi connectivity index (χ1v) is 4.87. The van der Waals surface area contributed by atoms with Crippen molar-refractivity contribution < 1.29 is 9.47 Å². The Labute approximate surface area is 84.2 Å². The first-order chi connectivity index (χ1) is 6.95. The molecule has 1 fully saturated rings. The predicted molar refractivity (Wildman–Crippen MR) is 53.6 cm³/mol. The van der Waals surface area contributed by atoms with Gasteiger partial charge in [-0.05, 0) is 5.56 Å². The lowest BCUT2D eigenvalue weighted by Gasteiger charge is -2.18. The van der Waals surface area contributed by atoms with Crippen LogP contribution < -0.4 is 0 Å². The zero-order valence-electron chi connectivity index (χ0n) is 8.19. The largest absolute Gasteiger partial charge is 0.364 e. The number of hydrogen-bond donors (Lipinski definition) is 0. The predicted octanol–water partition coefficient (Wildman–Crippen LogP) is 1.45. The van der Waals surface area contributed by atoms with Crippen LogP contribution in [0.15, 0.2) is 30.3 Å². The van der Waals surface area contributed by atoms with E-state index in [2.05, 4.69) is 29.2 Å². The zero-order valence-corrected chi connectivity index (χ0v) is 8.19. The van der Waals surface area contributed by atoms with Crippen molar-refractivity contribution in [2.24, 2.45) is 0 Å². The lowest BCUT2D eigenvalue weighted by Crippen LogP contribution is -2.25. The Morgan fingerprint density at radius 2 is 1.64 bits per heavy atom. The van der Waals surface area contributed by atoms with Crippen LogP contribution in [0.3, 0.4) is 0 Å².